The molecule has 2 rings (SSSR count). The van der Waals surface area contributed by atoms with Crippen LogP contribution in [0.4, 0.5) is 0 Å². The summed E-state index contributed by atoms with van der Waals surface area (Å²) >= 11 is 0. The van der Waals surface area contributed by atoms with E-state index in [0.29, 0.717) is 31.1 Å². The molecule has 0 atom stereocenters. The maximum Gasteiger partial charge on any atom is 0.231 e. The highest BCUT2D eigenvalue weighted by atomic mass is 16.5. The first-order valence-electron chi connectivity index (χ1n) is 5.46. The lowest BCUT2D eigenvalue weighted by molar-refractivity contribution is 0.379. The fourth-order valence-electron chi connectivity index (χ4n) is 1.55. The van der Waals surface area contributed by atoms with Crippen molar-refractivity contribution in [2.75, 3.05) is 13.7 Å². The number of rotatable bonds is 5. The van der Waals surface area contributed by atoms with Crippen LogP contribution >= 0.6 is 0 Å². The average Bonchev–Trinajstić information content (AvgIpc) is 2.77. The fraction of sp³-hybridized carbons (Fsp3) is 0.333. The lowest BCUT2D eigenvalue weighted by Gasteiger charge is -2.01. The normalized spacial score (nSPS) is 10.5. The van der Waals surface area contributed by atoms with Gasteiger partial charge < -0.3 is 15.0 Å². The summed E-state index contributed by atoms with van der Waals surface area (Å²) in [5.74, 6) is 2.08. The van der Waals surface area contributed by atoms with Gasteiger partial charge in [0.2, 0.25) is 5.89 Å². The van der Waals surface area contributed by atoms with Gasteiger partial charge in [0.25, 0.3) is 0 Å². The Bertz CT molecular complexity index is 482. The van der Waals surface area contributed by atoms with Crippen LogP contribution in [0, 0.1) is 0 Å². The zero-order chi connectivity index (χ0) is 12.1. The monoisotopic (exact) mass is 233 g/mol. The van der Waals surface area contributed by atoms with E-state index in [9.17, 15) is 0 Å². The SMILES string of the molecule is COc1cccc(Cc2nc(CCN)no2)c1. The molecule has 0 amide bonds. The lowest BCUT2D eigenvalue weighted by atomic mass is 10.1. The van der Waals surface area contributed by atoms with Crippen LogP contribution in [0.2, 0.25) is 0 Å². The third-order valence-corrected chi connectivity index (χ3v) is 2.37. The van der Waals surface area contributed by atoms with Crippen LogP contribution in [0.1, 0.15) is 17.3 Å². The Labute approximate surface area is 99.6 Å². The number of benzene rings is 1. The second-order valence-electron chi connectivity index (χ2n) is 3.67. The molecule has 0 aliphatic rings. The van der Waals surface area contributed by atoms with Crippen molar-refractivity contribution in [3.8, 4) is 5.75 Å². The smallest absolute Gasteiger partial charge is 0.231 e. The maximum atomic E-state index is 5.42. The number of nitrogens with two attached hydrogens (primary N) is 1. The molecule has 0 fully saturated rings. The largest absolute Gasteiger partial charge is 0.497 e. The molecule has 0 unspecified atom stereocenters. The number of hydrogen-bond donors (Lipinski definition) is 1. The van der Waals surface area contributed by atoms with Crippen LogP contribution in [0.5, 0.6) is 5.75 Å². The molecule has 5 heteroatoms. The van der Waals surface area contributed by atoms with Gasteiger partial charge in [-0.25, -0.2) is 0 Å². The molecule has 0 radical (unpaired) electrons. The van der Waals surface area contributed by atoms with E-state index < -0.39 is 0 Å². The van der Waals surface area contributed by atoms with E-state index in [-0.39, 0.29) is 0 Å². The van der Waals surface area contributed by atoms with Crippen LogP contribution in [-0.4, -0.2) is 23.8 Å². The summed E-state index contributed by atoms with van der Waals surface area (Å²) in [5, 5.41) is 3.85. The highest BCUT2D eigenvalue weighted by Gasteiger charge is 2.06. The summed E-state index contributed by atoms with van der Waals surface area (Å²) in [6, 6.07) is 7.78. The van der Waals surface area contributed by atoms with E-state index in [2.05, 4.69) is 10.1 Å². The molecule has 0 aliphatic carbocycles. The first-order valence-corrected chi connectivity index (χ1v) is 5.46. The Hall–Kier alpha value is -1.88. The van der Waals surface area contributed by atoms with Crippen molar-refractivity contribution in [1.29, 1.82) is 0 Å². The molecule has 2 aromatic rings. The number of methoxy groups -OCH3 is 1. The molecule has 2 N–H and O–H groups in total. The quantitative estimate of drug-likeness (QED) is 0.839. The van der Waals surface area contributed by atoms with Crippen LogP contribution in [0.3, 0.4) is 0 Å². The Morgan fingerprint density at radius 1 is 1.41 bits per heavy atom. The van der Waals surface area contributed by atoms with E-state index in [0.717, 1.165) is 11.3 Å². The van der Waals surface area contributed by atoms with Crippen molar-refractivity contribution in [1.82, 2.24) is 10.1 Å². The van der Waals surface area contributed by atoms with E-state index in [1.54, 1.807) is 7.11 Å². The highest BCUT2D eigenvalue weighted by molar-refractivity contribution is 5.29. The number of ether oxygens (including phenoxy) is 1. The van der Waals surface area contributed by atoms with Crippen LogP contribution in [-0.2, 0) is 12.8 Å². The molecule has 0 saturated heterocycles. The second-order valence-corrected chi connectivity index (χ2v) is 3.67. The van der Waals surface area contributed by atoms with Gasteiger partial charge in [-0.1, -0.05) is 17.3 Å². The van der Waals surface area contributed by atoms with Gasteiger partial charge in [0, 0.05) is 6.42 Å². The summed E-state index contributed by atoms with van der Waals surface area (Å²) in [4.78, 5) is 4.25. The maximum absolute atomic E-state index is 5.42. The molecule has 90 valence electrons. The summed E-state index contributed by atoms with van der Waals surface area (Å²) in [6.45, 7) is 0.526. The first-order chi connectivity index (χ1) is 8.31. The van der Waals surface area contributed by atoms with E-state index in [4.69, 9.17) is 15.0 Å². The summed E-state index contributed by atoms with van der Waals surface area (Å²) in [6.07, 6.45) is 1.25. The molecule has 1 aromatic heterocycles. The molecular weight excluding hydrogens is 218 g/mol. The fourth-order valence-corrected chi connectivity index (χ4v) is 1.55. The molecule has 0 bridgehead atoms. The van der Waals surface area contributed by atoms with Crippen molar-refractivity contribution < 1.29 is 9.26 Å². The molecule has 0 saturated carbocycles. The van der Waals surface area contributed by atoms with E-state index in [1.165, 1.54) is 0 Å². The Kier molecular flexibility index (Phi) is 3.72. The predicted molar refractivity (Wildman–Crippen MR) is 62.9 cm³/mol. The summed E-state index contributed by atoms with van der Waals surface area (Å²) in [7, 11) is 1.64. The lowest BCUT2D eigenvalue weighted by Crippen LogP contribution is -2.04. The van der Waals surface area contributed by atoms with Crippen LogP contribution in [0.15, 0.2) is 28.8 Å². The van der Waals surface area contributed by atoms with E-state index in [1.807, 2.05) is 24.3 Å². The molecule has 0 aliphatic heterocycles. The van der Waals surface area contributed by atoms with Gasteiger partial charge in [0.05, 0.1) is 13.5 Å². The van der Waals surface area contributed by atoms with Crippen LogP contribution in [0.25, 0.3) is 0 Å². The number of nitrogens with zero attached hydrogens (tertiary/aromatic N) is 2. The highest BCUT2D eigenvalue weighted by Crippen LogP contribution is 2.15. The summed E-state index contributed by atoms with van der Waals surface area (Å²) < 4.78 is 10.3. The minimum absolute atomic E-state index is 0.526. The zero-order valence-corrected chi connectivity index (χ0v) is 9.72. The van der Waals surface area contributed by atoms with Crippen molar-refractivity contribution in [3.05, 3.63) is 41.5 Å². The predicted octanol–water partition coefficient (Wildman–Crippen LogP) is 1.17. The minimum Gasteiger partial charge on any atom is -0.497 e. The van der Waals surface area contributed by atoms with Gasteiger partial charge in [0.15, 0.2) is 5.82 Å². The molecule has 17 heavy (non-hydrogen) atoms. The Balaban J connectivity index is 2.08. The average molecular weight is 233 g/mol. The van der Waals surface area contributed by atoms with Crippen molar-refractivity contribution in [2.24, 2.45) is 5.73 Å². The second kappa shape index (κ2) is 5.45. The van der Waals surface area contributed by atoms with Crippen molar-refractivity contribution >= 4 is 0 Å². The number of aromatic nitrogens is 2. The molecule has 1 heterocycles. The molecule has 5 nitrogen and oxygen atoms in total. The number of hydrogen-bond acceptors (Lipinski definition) is 5. The zero-order valence-electron chi connectivity index (χ0n) is 9.72. The summed E-state index contributed by atoms with van der Waals surface area (Å²) in [5.41, 5.74) is 6.50. The third kappa shape index (κ3) is 3.04. The Morgan fingerprint density at radius 2 is 2.29 bits per heavy atom. The van der Waals surface area contributed by atoms with Crippen molar-refractivity contribution in [2.45, 2.75) is 12.8 Å². The Morgan fingerprint density at radius 3 is 3.06 bits per heavy atom. The van der Waals surface area contributed by atoms with Crippen molar-refractivity contribution in [3.63, 3.8) is 0 Å². The van der Waals surface area contributed by atoms with E-state index >= 15 is 0 Å². The van der Waals surface area contributed by atoms with Gasteiger partial charge in [-0.3, -0.25) is 0 Å². The minimum atomic E-state index is 0.526. The van der Waals surface area contributed by atoms with Crippen LogP contribution < -0.4 is 10.5 Å². The first kappa shape index (κ1) is 11.6. The van der Waals surface area contributed by atoms with Gasteiger partial charge in [-0.05, 0) is 24.2 Å². The molecule has 1 aromatic carbocycles. The van der Waals surface area contributed by atoms with Gasteiger partial charge >= 0.3 is 0 Å². The standard InChI is InChI=1S/C12H15N3O2/c1-16-10-4-2-3-9(7-10)8-12-14-11(5-6-13)15-17-12/h2-4,7H,5-6,8,13H2,1H3. The molecule has 0 spiro atoms. The van der Waals surface area contributed by atoms with Gasteiger partial charge in [-0.15, -0.1) is 0 Å². The third-order valence-electron chi connectivity index (χ3n) is 2.37. The van der Waals surface area contributed by atoms with Gasteiger partial charge in [-0.2, -0.15) is 4.98 Å². The van der Waals surface area contributed by atoms with Gasteiger partial charge in [0.1, 0.15) is 5.75 Å². The molecular formula is C12H15N3O2. The topological polar surface area (TPSA) is 74.2 Å².